The van der Waals surface area contributed by atoms with E-state index >= 15 is 0 Å². The number of anilines is 1. The summed E-state index contributed by atoms with van der Waals surface area (Å²) >= 11 is 1.34. The summed E-state index contributed by atoms with van der Waals surface area (Å²) in [6.45, 7) is 0.866. The number of carboxylic acid groups (broad SMARTS) is 1. The van der Waals surface area contributed by atoms with Gasteiger partial charge in [-0.1, -0.05) is 6.07 Å². The summed E-state index contributed by atoms with van der Waals surface area (Å²) in [4.78, 5) is 17.2. The Balaban J connectivity index is 1.61. The Kier molecular flexibility index (Phi) is 6.19. The summed E-state index contributed by atoms with van der Waals surface area (Å²) in [7, 11) is 3.17. The molecule has 1 amide bonds. The van der Waals surface area contributed by atoms with Crippen LogP contribution < -0.4 is 20.1 Å². The normalized spacial score (nSPS) is 15.9. The highest BCUT2D eigenvalue weighted by Crippen LogP contribution is 2.33. The molecule has 0 saturated carbocycles. The van der Waals surface area contributed by atoms with E-state index in [4.69, 9.17) is 14.9 Å². The number of aromatic nitrogens is 1. The number of amides is 1. The molecule has 0 bridgehead atoms. The van der Waals surface area contributed by atoms with Crippen LogP contribution in [0.5, 0.6) is 11.5 Å². The van der Waals surface area contributed by atoms with Gasteiger partial charge in [-0.05, 0) is 25.0 Å². The molecular weight excluding hydrogens is 382 g/mol. The van der Waals surface area contributed by atoms with E-state index in [-0.39, 0.29) is 12.0 Å². The van der Waals surface area contributed by atoms with Crippen LogP contribution in [-0.2, 0) is 6.54 Å². The van der Waals surface area contributed by atoms with E-state index in [2.05, 4.69) is 15.6 Å². The minimum Gasteiger partial charge on any atom is -0.496 e. The minimum atomic E-state index is -0.926. The average molecular weight is 405 g/mol. The molecule has 1 fully saturated rings. The van der Waals surface area contributed by atoms with Gasteiger partial charge >= 0.3 is 6.09 Å². The number of guanidine groups is 1. The van der Waals surface area contributed by atoms with Gasteiger partial charge in [-0.3, -0.25) is 10.3 Å². The van der Waals surface area contributed by atoms with Crippen molar-refractivity contribution in [3.8, 4) is 11.5 Å². The molecule has 1 saturated heterocycles. The fourth-order valence-electron chi connectivity index (χ4n) is 3.23. The third-order valence-electron chi connectivity index (χ3n) is 4.57. The van der Waals surface area contributed by atoms with Gasteiger partial charge in [0, 0.05) is 11.9 Å². The lowest BCUT2D eigenvalue weighted by atomic mass is 10.1. The molecule has 150 valence electrons. The summed E-state index contributed by atoms with van der Waals surface area (Å²) < 4.78 is 10.7. The second kappa shape index (κ2) is 8.79. The van der Waals surface area contributed by atoms with Gasteiger partial charge in [0.05, 0.1) is 38.1 Å². The van der Waals surface area contributed by atoms with Crippen molar-refractivity contribution in [3.63, 3.8) is 0 Å². The zero-order chi connectivity index (χ0) is 20.1. The van der Waals surface area contributed by atoms with E-state index in [1.807, 2.05) is 23.6 Å². The third-order valence-corrected chi connectivity index (χ3v) is 5.34. The van der Waals surface area contributed by atoms with E-state index in [0.29, 0.717) is 35.4 Å². The molecule has 1 aromatic heterocycles. The van der Waals surface area contributed by atoms with E-state index in [9.17, 15) is 9.90 Å². The first kappa shape index (κ1) is 19.7. The Morgan fingerprint density at radius 1 is 1.39 bits per heavy atom. The maximum Gasteiger partial charge on any atom is 0.407 e. The molecular formula is C18H23N5O4S. The molecule has 1 aromatic carbocycles. The fraction of sp³-hybridized carbons (Fsp3) is 0.389. The van der Waals surface area contributed by atoms with Crippen LogP contribution in [-0.4, -0.2) is 47.8 Å². The number of ether oxygens (including phenoxy) is 2. The lowest BCUT2D eigenvalue weighted by Crippen LogP contribution is -2.30. The van der Waals surface area contributed by atoms with Gasteiger partial charge in [0.2, 0.25) is 0 Å². The maximum absolute atomic E-state index is 11.3. The standard InChI is InChI=1S/C18H23N5O4S/c1-26-14-6-3-7-15(27-2)11(14)9-20-16(19)22-17-21-12(10-28-17)13-5-4-8-23(13)18(24)25/h3,6-7,10,13H,4-5,8-9H2,1-2H3,(H,24,25)(H3,19,20,21,22). The van der Waals surface area contributed by atoms with Crippen molar-refractivity contribution in [1.29, 1.82) is 5.41 Å². The molecule has 2 heterocycles. The summed E-state index contributed by atoms with van der Waals surface area (Å²) in [5.74, 6) is 1.42. The first-order valence-electron chi connectivity index (χ1n) is 8.77. The number of hydrogen-bond acceptors (Lipinski definition) is 6. The number of nitrogens with zero attached hydrogens (tertiary/aromatic N) is 2. The van der Waals surface area contributed by atoms with Gasteiger partial charge in [0.1, 0.15) is 11.5 Å². The highest BCUT2D eigenvalue weighted by molar-refractivity contribution is 7.13. The largest absolute Gasteiger partial charge is 0.496 e. The fourth-order valence-corrected chi connectivity index (χ4v) is 3.99. The topological polar surface area (TPSA) is 120 Å². The predicted octanol–water partition coefficient (Wildman–Crippen LogP) is 3.11. The van der Waals surface area contributed by atoms with Crippen molar-refractivity contribution >= 4 is 28.5 Å². The Morgan fingerprint density at radius 3 is 2.75 bits per heavy atom. The first-order chi connectivity index (χ1) is 13.5. The van der Waals surface area contributed by atoms with Crippen LogP contribution in [0.25, 0.3) is 0 Å². The van der Waals surface area contributed by atoms with Gasteiger partial charge in [-0.15, -0.1) is 11.3 Å². The van der Waals surface area contributed by atoms with Crippen LogP contribution in [0.4, 0.5) is 9.93 Å². The zero-order valence-corrected chi connectivity index (χ0v) is 16.5. The molecule has 2 aromatic rings. The second-order valence-electron chi connectivity index (χ2n) is 6.21. The number of hydrogen-bond donors (Lipinski definition) is 4. The smallest absolute Gasteiger partial charge is 0.407 e. The van der Waals surface area contributed by atoms with Gasteiger partial charge in [0.15, 0.2) is 11.1 Å². The van der Waals surface area contributed by atoms with E-state index < -0.39 is 6.09 Å². The van der Waals surface area contributed by atoms with Crippen LogP contribution in [0.2, 0.25) is 0 Å². The molecule has 1 aliphatic rings. The number of nitrogens with one attached hydrogen (secondary N) is 3. The summed E-state index contributed by atoms with van der Waals surface area (Å²) in [5.41, 5.74) is 1.52. The Morgan fingerprint density at radius 2 is 2.11 bits per heavy atom. The molecule has 0 aliphatic carbocycles. The molecule has 28 heavy (non-hydrogen) atoms. The number of methoxy groups -OCH3 is 2. The number of carbonyl (C=O) groups is 1. The van der Waals surface area contributed by atoms with Crippen LogP contribution >= 0.6 is 11.3 Å². The Hall–Kier alpha value is -3.01. The van der Waals surface area contributed by atoms with E-state index in [0.717, 1.165) is 18.4 Å². The van der Waals surface area contributed by atoms with Crippen LogP contribution in [0, 0.1) is 5.41 Å². The highest BCUT2D eigenvalue weighted by Gasteiger charge is 2.31. The quantitative estimate of drug-likeness (QED) is 0.430. The first-order valence-corrected chi connectivity index (χ1v) is 9.65. The maximum atomic E-state index is 11.3. The number of benzene rings is 1. The van der Waals surface area contributed by atoms with Crippen LogP contribution in [0.1, 0.15) is 30.1 Å². The van der Waals surface area contributed by atoms with E-state index in [1.54, 1.807) is 14.2 Å². The van der Waals surface area contributed by atoms with Crippen molar-refractivity contribution in [3.05, 3.63) is 34.8 Å². The Labute approximate surface area is 166 Å². The molecule has 10 heteroatoms. The monoisotopic (exact) mass is 405 g/mol. The lowest BCUT2D eigenvalue weighted by molar-refractivity contribution is 0.139. The van der Waals surface area contributed by atoms with Gasteiger partial charge in [-0.2, -0.15) is 0 Å². The molecule has 4 N–H and O–H groups in total. The SMILES string of the molecule is COc1cccc(OC)c1CNC(=N)Nc1nc(C2CCCN2C(=O)O)cs1. The second-order valence-corrected chi connectivity index (χ2v) is 7.06. The summed E-state index contributed by atoms with van der Waals surface area (Å²) in [5, 5.41) is 25.7. The van der Waals surface area contributed by atoms with Crippen molar-refractivity contribution in [2.24, 2.45) is 0 Å². The number of likely N-dealkylation sites (tertiary alicyclic amines) is 1. The minimum absolute atomic E-state index is 0.0790. The predicted molar refractivity (Wildman–Crippen MR) is 107 cm³/mol. The number of rotatable bonds is 6. The molecule has 0 spiro atoms. The third kappa shape index (κ3) is 4.28. The molecule has 9 nitrogen and oxygen atoms in total. The lowest BCUT2D eigenvalue weighted by Gasteiger charge is -2.19. The van der Waals surface area contributed by atoms with Crippen molar-refractivity contribution in [2.45, 2.75) is 25.4 Å². The number of thiazole rings is 1. The average Bonchev–Trinajstić information content (AvgIpc) is 3.35. The van der Waals surface area contributed by atoms with Gasteiger partial charge in [-0.25, -0.2) is 9.78 Å². The molecule has 1 atom stereocenters. The molecule has 1 unspecified atom stereocenters. The zero-order valence-electron chi connectivity index (χ0n) is 15.7. The van der Waals surface area contributed by atoms with Gasteiger partial charge in [0.25, 0.3) is 0 Å². The van der Waals surface area contributed by atoms with Crippen molar-refractivity contribution in [1.82, 2.24) is 15.2 Å². The van der Waals surface area contributed by atoms with Gasteiger partial charge < -0.3 is 25.2 Å². The summed E-state index contributed by atoms with van der Waals surface area (Å²) in [6.07, 6.45) is 0.666. The van der Waals surface area contributed by atoms with Crippen molar-refractivity contribution in [2.75, 3.05) is 26.1 Å². The Bertz CT molecular complexity index is 834. The summed E-state index contributed by atoms with van der Waals surface area (Å²) in [6, 6.07) is 5.29. The van der Waals surface area contributed by atoms with Crippen LogP contribution in [0.15, 0.2) is 23.6 Å². The van der Waals surface area contributed by atoms with Crippen molar-refractivity contribution < 1.29 is 19.4 Å². The van der Waals surface area contributed by atoms with E-state index in [1.165, 1.54) is 16.2 Å². The molecule has 3 rings (SSSR count). The molecule has 1 aliphatic heterocycles. The molecule has 0 radical (unpaired) electrons. The van der Waals surface area contributed by atoms with Crippen LogP contribution in [0.3, 0.4) is 0 Å². The highest BCUT2D eigenvalue weighted by atomic mass is 32.1.